The lowest BCUT2D eigenvalue weighted by Gasteiger charge is -2.32. The van der Waals surface area contributed by atoms with E-state index in [-0.39, 0.29) is 17.7 Å². The molecule has 1 aliphatic heterocycles. The van der Waals surface area contributed by atoms with Crippen molar-refractivity contribution in [2.75, 3.05) is 26.7 Å². The summed E-state index contributed by atoms with van der Waals surface area (Å²) < 4.78 is 5.07. The summed E-state index contributed by atoms with van der Waals surface area (Å²) in [5.74, 6) is -0.0428. The van der Waals surface area contributed by atoms with Crippen LogP contribution >= 0.6 is 0 Å². The molecule has 1 atom stereocenters. The minimum absolute atomic E-state index is 0.00188. The number of likely N-dealkylation sites (tertiary alicyclic amines) is 1. The molecule has 22 heavy (non-hydrogen) atoms. The topological polar surface area (TPSA) is 58.6 Å². The highest BCUT2D eigenvalue weighted by Gasteiger charge is 2.28. The standard InChI is InChI=1S/C17H24N2O3/c1-3-18-16(20)15-5-4-10-19(11-15)17(21)14-8-6-13(7-9-14)12-22-2/h6-9,15H,3-5,10-12H2,1-2H3,(H,18,20). The Labute approximate surface area is 131 Å². The zero-order valence-corrected chi connectivity index (χ0v) is 13.3. The Morgan fingerprint density at radius 1 is 1.32 bits per heavy atom. The maximum Gasteiger partial charge on any atom is 0.253 e. The molecule has 0 saturated carbocycles. The molecule has 1 heterocycles. The van der Waals surface area contributed by atoms with Crippen LogP contribution in [0.2, 0.25) is 0 Å². The van der Waals surface area contributed by atoms with Crippen LogP contribution in [0.3, 0.4) is 0 Å². The maximum atomic E-state index is 12.6. The van der Waals surface area contributed by atoms with Crippen molar-refractivity contribution >= 4 is 11.8 Å². The zero-order valence-electron chi connectivity index (χ0n) is 13.3. The number of rotatable bonds is 5. The molecule has 1 aromatic carbocycles. The van der Waals surface area contributed by atoms with Crippen LogP contribution in [0.1, 0.15) is 35.7 Å². The Bertz CT molecular complexity index is 513. The summed E-state index contributed by atoms with van der Waals surface area (Å²) in [6.07, 6.45) is 1.72. The molecule has 0 bridgehead atoms. The lowest BCUT2D eigenvalue weighted by Crippen LogP contribution is -2.45. The maximum absolute atomic E-state index is 12.6. The average molecular weight is 304 g/mol. The third-order valence-electron chi connectivity index (χ3n) is 3.94. The molecular formula is C17H24N2O3. The number of carbonyl (C=O) groups excluding carboxylic acids is 2. The number of nitrogens with zero attached hydrogens (tertiary/aromatic N) is 1. The SMILES string of the molecule is CCNC(=O)C1CCCN(C(=O)c2ccc(COC)cc2)C1. The summed E-state index contributed by atoms with van der Waals surface area (Å²) in [5.41, 5.74) is 1.70. The lowest BCUT2D eigenvalue weighted by atomic mass is 9.96. The fraction of sp³-hybridized carbons (Fsp3) is 0.529. The highest BCUT2D eigenvalue weighted by atomic mass is 16.5. The van der Waals surface area contributed by atoms with Gasteiger partial charge < -0.3 is 15.0 Å². The van der Waals surface area contributed by atoms with Gasteiger partial charge in [0.25, 0.3) is 5.91 Å². The van der Waals surface area contributed by atoms with E-state index in [0.717, 1.165) is 18.4 Å². The van der Waals surface area contributed by atoms with Gasteiger partial charge in [0, 0.05) is 32.3 Å². The van der Waals surface area contributed by atoms with Gasteiger partial charge in [-0.2, -0.15) is 0 Å². The monoisotopic (exact) mass is 304 g/mol. The summed E-state index contributed by atoms with van der Waals surface area (Å²) in [7, 11) is 1.65. The molecule has 5 heteroatoms. The van der Waals surface area contributed by atoms with Crippen LogP contribution in [0, 0.1) is 5.92 Å². The van der Waals surface area contributed by atoms with Crippen LogP contribution in [0.5, 0.6) is 0 Å². The lowest BCUT2D eigenvalue weighted by molar-refractivity contribution is -0.126. The number of nitrogens with one attached hydrogen (secondary N) is 1. The number of ether oxygens (including phenoxy) is 1. The van der Waals surface area contributed by atoms with Crippen molar-refractivity contribution < 1.29 is 14.3 Å². The first-order valence-corrected chi connectivity index (χ1v) is 7.80. The Kier molecular flexibility index (Phi) is 5.95. The molecule has 1 N–H and O–H groups in total. The second-order valence-electron chi connectivity index (χ2n) is 5.61. The second kappa shape index (κ2) is 7.94. The third kappa shape index (κ3) is 4.07. The van der Waals surface area contributed by atoms with Crippen molar-refractivity contribution in [2.45, 2.75) is 26.4 Å². The Morgan fingerprint density at radius 2 is 2.05 bits per heavy atom. The van der Waals surface area contributed by atoms with E-state index in [1.165, 1.54) is 0 Å². The quantitative estimate of drug-likeness (QED) is 0.903. The van der Waals surface area contributed by atoms with Crippen LogP contribution in [0.4, 0.5) is 0 Å². The molecule has 0 radical (unpaired) electrons. The summed E-state index contributed by atoms with van der Waals surface area (Å²) in [6.45, 7) is 4.30. The van der Waals surface area contributed by atoms with Gasteiger partial charge in [0.1, 0.15) is 0 Å². The largest absolute Gasteiger partial charge is 0.380 e. The first-order chi connectivity index (χ1) is 10.7. The Hall–Kier alpha value is -1.88. The predicted octanol–water partition coefficient (Wildman–Crippen LogP) is 1.82. The molecule has 0 spiro atoms. The zero-order chi connectivity index (χ0) is 15.9. The van der Waals surface area contributed by atoms with Gasteiger partial charge in [0.2, 0.25) is 5.91 Å². The van der Waals surface area contributed by atoms with Gasteiger partial charge in [0.05, 0.1) is 12.5 Å². The number of carbonyl (C=O) groups is 2. The minimum Gasteiger partial charge on any atom is -0.380 e. The highest BCUT2D eigenvalue weighted by Crippen LogP contribution is 2.19. The van der Waals surface area contributed by atoms with Crippen LogP contribution < -0.4 is 5.32 Å². The summed E-state index contributed by atoms with van der Waals surface area (Å²) >= 11 is 0. The van der Waals surface area contributed by atoms with Gasteiger partial charge in [-0.1, -0.05) is 12.1 Å². The highest BCUT2D eigenvalue weighted by molar-refractivity contribution is 5.94. The number of hydrogen-bond acceptors (Lipinski definition) is 3. The van der Waals surface area contributed by atoms with Gasteiger partial charge in [-0.25, -0.2) is 0 Å². The first kappa shape index (κ1) is 16.5. The van der Waals surface area contributed by atoms with Gasteiger partial charge in [-0.3, -0.25) is 9.59 Å². The van der Waals surface area contributed by atoms with E-state index in [2.05, 4.69) is 5.32 Å². The van der Waals surface area contributed by atoms with Crippen LogP contribution in [0.25, 0.3) is 0 Å². The van der Waals surface area contributed by atoms with E-state index in [1.54, 1.807) is 12.0 Å². The molecule has 1 saturated heterocycles. The van der Waals surface area contributed by atoms with Crippen molar-refractivity contribution in [3.63, 3.8) is 0 Å². The molecule has 1 aromatic rings. The molecule has 0 aromatic heterocycles. The molecular weight excluding hydrogens is 280 g/mol. The minimum atomic E-state index is -0.0922. The molecule has 1 aliphatic rings. The summed E-state index contributed by atoms with van der Waals surface area (Å²) in [4.78, 5) is 26.3. The van der Waals surface area contributed by atoms with E-state index < -0.39 is 0 Å². The molecule has 2 rings (SSSR count). The molecule has 120 valence electrons. The second-order valence-corrected chi connectivity index (χ2v) is 5.61. The van der Waals surface area contributed by atoms with Crippen LogP contribution in [0.15, 0.2) is 24.3 Å². The molecule has 0 aliphatic carbocycles. The number of amides is 2. The van der Waals surface area contributed by atoms with E-state index in [0.29, 0.717) is 31.8 Å². The number of piperidine rings is 1. The van der Waals surface area contributed by atoms with Crippen molar-refractivity contribution in [2.24, 2.45) is 5.92 Å². The number of methoxy groups -OCH3 is 1. The van der Waals surface area contributed by atoms with E-state index >= 15 is 0 Å². The van der Waals surface area contributed by atoms with Gasteiger partial charge in [-0.05, 0) is 37.5 Å². The normalized spacial score (nSPS) is 18.1. The van der Waals surface area contributed by atoms with Crippen molar-refractivity contribution in [3.05, 3.63) is 35.4 Å². The van der Waals surface area contributed by atoms with E-state index in [9.17, 15) is 9.59 Å². The van der Waals surface area contributed by atoms with E-state index in [1.807, 2.05) is 31.2 Å². The molecule has 1 unspecified atom stereocenters. The van der Waals surface area contributed by atoms with Crippen molar-refractivity contribution in [1.29, 1.82) is 0 Å². The van der Waals surface area contributed by atoms with Crippen LogP contribution in [-0.2, 0) is 16.1 Å². The molecule has 2 amide bonds. The average Bonchev–Trinajstić information content (AvgIpc) is 2.55. The fourth-order valence-electron chi connectivity index (χ4n) is 2.79. The molecule has 5 nitrogen and oxygen atoms in total. The Balaban J connectivity index is 2.00. The van der Waals surface area contributed by atoms with E-state index in [4.69, 9.17) is 4.74 Å². The van der Waals surface area contributed by atoms with Crippen LogP contribution in [-0.4, -0.2) is 43.5 Å². The predicted molar refractivity (Wildman–Crippen MR) is 84.5 cm³/mol. The molecule has 1 fully saturated rings. The number of hydrogen-bond donors (Lipinski definition) is 1. The first-order valence-electron chi connectivity index (χ1n) is 7.80. The fourth-order valence-corrected chi connectivity index (χ4v) is 2.79. The van der Waals surface area contributed by atoms with Crippen molar-refractivity contribution in [1.82, 2.24) is 10.2 Å². The third-order valence-corrected chi connectivity index (χ3v) is 3.94. The number of benzene rings is 1. The van der Waals surface area contributed by atoms with Gasteiger partial charge in [0.15, 0.2) is 0 Å². The Morgan fingerprint density at radius 3 is 2.68 bits per heavy atom. The summed E-state index contributed by atoms with van der Waals surface area (Å²) in [5, 5.41) is 2.85. The smallest absolute Gasteiger partial charge is 0.253 e. The van der Waals surface area contributed by atoms with Crippen molar-refractivity contribution in [3.8, 4) is 0 Å². The van der Waals surface area contributed by atoms with Gasteiger partial charge in [-0.15, -0.1) is 0 Å². The van der Waals surface area contributed by atoms with Gasteiger partial charge >= 0.3 is 0 Å². The summed E-state index contributed by atoms with van der Waals surface area (Å²) in [6, 6.07) is 7.46.